The summed E-state index contributed by atoms with van der Waals surface area (Å²) in [6, 6.07) is 8.58. The van der Waals surface area contributed by atoms with Crippen LogP contribution in [0.4, 0.5) is 0 Å². The molecule has 0 radical (unpaired) electrons. The Kier molecular flexibility index (Phi) is 4.00. The average molecular weight is 291 g/mol. The van der Waals surface area contributed by atoms with E-state index in [0.29, 0.717) is 10.6 Å². The first kappa shape index (κ1) is 14.4. The van der Waals surface area contributed by atoms with Crippen LogP contribution in [0.5, 0.6) is 5.75 Å². The summed E-state index contributed by atoms with van der Waals surface area (Å²) in [5.41, 5.74) is 3.78. The molecule has 2 aromatic rings. The highest BCUT2D eigenvalue weighted by atomic mass is 35.5. The molecule has 0 spiro atoms. The molecule has 0 aliphatic rings. The van der Waals surface area contributed by atoms with E-state index in [1.165, 1.54) is 6.07 Å². The Morgan fingerprint density at radius 1 is 1.15 bits per heavy atom. The highest BCUT2D eigenvalue weighted by Gasteiger charge is 2.12. The zero-order chi connectivity index (χ0) is 14.9. The van der Waals surface area contributed by atoms with Gasteiger partial charge < -0.3 is 9.84 Å². The molecule has 0 saturated heterocycles. The third-order valence-corrected chi connectivity index (χ3v) is 3.52. The molecule has 0 unspecified atom stereocenters. The quantitative estimate of drug-likeness (QED) is 0.915. The SMILES string of the molecule is COc1c(C)cc(-c2cc(C(=O)O)ccc2Cl)cc1C. The lowest BCUT2D eigenvalue weighted by atomic mass is 9.98. The van der Waals surface area contributed by atoms with Gasteiger partial charge in [0.05, 0.1) is 12.7 Å². The molecule has 2 rings (SSSR count). The van der Waals surface area contributed by atoms with Gasteiger partial charge >= 0.3 is 5.97 Å². The average Bonchev–Trinajstić information content (AvgIpc) is 2.38. The second-order valence-electron chi connectivity index (χ2n) is 4.64. The minimum Gasteiger partial charge on any atom is -0.496 e. The van der Waals surface area contributed by atoms with Crippen LogP contribution in [0.3, 0.4) is 0 Å². The number of carboxylic acids is 1. The second kappa shape index (κ2) is 5.55. The maximum Gasteiger partial charge on any atom is 0.335 e. The van der Waals surface area contributed by atoms with Gasteiger partial charge in [-0.1, -0.05) is 11.6 Å². The van der Waals surface area contributed by atoms with Crippen LogP contribution in [0.1, 0.15) is 21.5 Å². The van der Waals surface area contributed by atoms with Crippen LogP contribution >= 0.6 is 11.6 Å². The molecule has 0 atom stereocenters. The van der Waals surface area contributed by atoms with Crippen LogP contribution in [0.2, 0.25) is 5.02 Å². The summed E-state index contributed by atoms with van der Waals surface area (Å²) in [5.74, 6) is -0.135. The maximum absolute atomic E-state index is 11.1. The molecule has 0 aliphatic carbocycles. The smallest absolute Gasteiger partial charge is 0.335 e. The third-order valence-electron chi connectivity index (χ3n) is 3.19. The number of carboxylic acid groups (broad SMARTS) is 1. The van der Waals surface area contributed by atoms with Crippen LogP contribution in [0, 0.1) is 13.8 Å². The fourth-order valence-electron chi connectivity index (χ4n) is 2.31. The molecule has 20 heavy (non-hydrogen) atoms. The molecule has 0 amide bonds. The predicted molar refractivity (Wildman–Crippen MR) is 79.9 cm³/mol. The summed E-state index contributed by atoms with van der Waals surface area (Å²) < 4.78 is 5.33. The normalized spacial score (nSPS) is 10.4. The Balaban J connectivity index is 2.62. The molecular formula is C16H15ClO3. The molecule has 104 valence electrons. The van der Waals surface area contributed by atoms with Gasteiger partial charge in [0.25, 0.3) is 0 Å². The van der Waals surface area contributed by atoms with Crippen LogP contribution < -0.4 is 4.74 Å². The fraction of sp³-hybridized carbons (Fsp3) is 0.188. The van der Waals surface area contributed by atoms with Gasteiger partial charge in [-0.15, -0.1) is 0 Å². The summed E-state index contributed by atoms with van der Waals surface area (Å²) in [5, 5.41) is 9.60. The van der Waals surface area contributed by atoms with E-state index in [-0.39, 0.29) is 5.56 Å². The van der Waals surface area contributed by atoms with Crippen molar-refractivity contribution in [2.75, 3.05) is 7.11 Å². The van der Waals surface area contributed by atoms with E-state index in [9.17, 15) is 4.79 Å². The number of rotatable bonds is 3. The number of carbonyl (C=O) groups is 1. The monoisotopic (exact) mass is 290 g/mol. The van der Waals surface area contributed by atoms with E-state index in [1.807, 2.05) is 26.0 Å². The van der Waals surface area contributed by atoms with Crippen molar-refractivity contribution in [3.63, 3.8) is 0 Å². The molecule has 2 aromatic carbocycles. The lowest BCUT2D eigenvalue weighted by Gasteiger charge is -2.13. The van der Waals surface area contributed by atoms with Gasteiger partial charge in [0, 0.05) is 10.6 Å². The summed E-state index contributed by atoms with van der Waals surface area (Å²) in [7, 11) is 1.63. The molecule has 0 aliphatic heterocycles. The van der Waals surface area contributed by atoms with Crippen molar-refractivity contribution in [2.24, 2.45) is 0 Å². The molecule has 0 fully saturated rings. The van der Waals surface area contributed by atoms with Crippen molar-refractivity contribution in [2.45, 2.75) is 13.8 Å². The third kappa shape index (κ3) is 2.63. The predicted octanol–water partition coefficient (Wildman–Crippen LogP) is 4.33. The van der Waals surface area contributed by atoms with E-state index in [1.54, 1.807) is 19.2 Å². The van der Waals surface area contributed by atoms with Crippen LogP contribution in [-0.2, 0) is 0 Å². The second-order valence-corrected chi connectivity index (χ2v) is 5.05. The summed E-state index contributed by atoms with van der Waals surface area (Å²) in [6.45, 7) is 3.90. The first-order valence-corrected chi connectivity index (χ1v) is 6.50. The first-order chi connectivity index (χ1) is 9.43. The Labute approximate surface area is 122 Å². The van der Waals surface area contributed by atoms with Crippen LogP contribution in [-0.4, -0.2) is 18.2 Å². The number of aryl methyl sites for hydroxylation is 2. The van der Waals surface area contributed by atoms with Gasteiger partial charge in [-0.3, -0.25) is 0 Å². The number of hydrogen-bond donors (Lipinski definition) is 1. The molecular weight excluding hydrogens is 276 g/mol. The van der Waals surface area contributed by atoms with Gasteiger partial charge in [-0.25, -0.2) is 4.79 Å². The number of halogens is 1. The van der Waals surface area contributed by atoms with E-state index >= 15 is 0 Å². The minimum absolute atomic E-state index is 0.218. The first-order valence-electron chi connectivity index (χ1n) is 6.12. The van der Waals surface area contributed by atoms with Gasteiger partial charge in [-0.2, -0.15) is 0 Å². The molecule has 1 N–H and O–H groups in total. The van der Waals surface area contributed by atoms with Crippen LogP contribution in [0.25, 0.3) is 11.1 Å². The van der Waals surface area contributed by atoms with Crippen molar-refractivity contribution >= 4 is 17.6 Å². The van der Waals surface area contributed by atoms with Gasteiger partial charge in [-0.05, 0) is 60.9 Å². The van der Waals surface area contributed by atoms with E-state index in [4.69, 9.17) is 21.4 Å². The van der Waals surface area contributed by atoms with Crippen molar-refractivity contribution in [1.29, 1.82) is 0 Å². The summed E-state index contributed by atoms with van der Waals surface area (Å²) in [4.78, 5) is 11.1. The topological polar surface area (TPSA) is 46.5 Å². The summed E-state index contributed by atoms with van der Waals surface area (Å²) in [6.07, 6.45) is 0. The molecule has 0 bridgehead atoms. The van der Waals surface area contributed by atoms with Gasteiger partial charge in [0.15, 0.2) is 0 Å². The molecule has 4 heteroatoms. The van der Waals surface area contributed by atoms with Gasteiger partial charge in [0.1, 0.15) is 5.75 Å². The Morgan fingerprint density at radius 3 is 2.25 bits per heavy atom. The van der Waals surface area contributed by atoms with Crippen molar-refractivity contribution < 1.29 is 14.6 Å². The van der Waals surface area contributed by atoms with E-state index < -0.39 is 5.97 Å². The van der Waals surface area contributed by atoms with E-state index in [2.05, 4.69) is 0 Å². The minimum atomic E-state index is -0.968. The van der Waals surface area contributed by atoms with E-state index in [0.717, 1.165) is 22.4 Å². The maximum atomic E-state index is 11.1. The molecule has 3 nitrogen and oxygen atoms in total. The zero-order valence-corrected chi connectivity index (χ0v) is 12.3. The number of benzene rings is 2. The lowest BCUT2D eigenvalue weighted by Crippen LogP contribution is -1.97. The Morgan fingerprint density at radius 2 is 1.75 bits per heavy atom. The molecule has 0 heterocycles. The van der Waals surface area contributed by atoms with Crippen molar-refractivity contribution in [1.82, 2.24) is 0 Å². The van der Waals surface area contributed by atoms with Gasteiger partial charge in [0.2, 0.25) is 0 Å². The van der Waals surface area contributed by atoms with Crippen molar-refractivity contribution in [3.8, 4) is 16.9 Å². The number of hydrogen-bond acceptors (Lipinski definition) is 2. The highest BCUT2D eigenvalue weighted by Crippen LogP contribution is 2.34. The molecule has 0 aromatic heterocycles. The fourth-order valence-corrected chi connectivity index (χ4v) is 2.53. The largest absolute Gasteiger partial charge is 0.496 e. The van der Waals surface area contributed by atoms with Crippen LogP contribution in [0.15, 0.2) is 30.3 Å². The summed E-state index contributed by atoms with van der Waals surface area (Å²) >= 11 is 6.19. The number of aromatic carboxylic acids is 1. The Hall–Kier alpha value is -2.00. The Bertz CT molecular complexity index is 654. The number of methoxy groups -OCH3 is 1. The highest BCUT2D eigenvalue weighted by molar-refractivity contribution is 6.33. The molecule has 0 saturated carbocycles. The zero-order valence-electron chi connectivity index (χ0n) is 11.5. The van der Waals surface area contributed by atoms with Crippen molar-refractivity contribution in [3.05, 3.63) is 52.0 Å². The number of ether oxygens (including phenoxy) is 1. The standard InChI is InChI=1S/C16H15ClO3/c1-9-6-12(7-10(2)15(9)20-3)13-8-11(16(18)19)4-5-14(13)17/h4-8H,1-3H3,(H,18,19). The lowest BCUT2D eigenvalue weighted by molar-refractivity contribution is 0.0697.